The van der Waals surface area contributed by atoms with Gasteiger partial charge in [0.2, 0.25) is 11.8 Å². The molecule has 0 spiro atoms. The Morgan fingerprint density at radius 3 is 2.62 bits per heavy atom. The Kier molecular flexibility index (Phi) is 6.34. The summed E-state index contributed by atoms with van der Waals surface area (Å²) in [5.74, 6) is -0.430. The van der Waals surface area contributed by atoms with Crippen LogP contribution in [0, 0.1) is 13.8 Å². The van der Waals surface area contributed by atoms with E-state index in [1.807, 2.05) is 44.2 Å². The lowest BCUT2D eigenvalue weighted by Gasteiger charge is -2.15. The minimum atomic E-state index is -0.225. The van der Waals surface area contributed by atoms with Crippen LogP contribution in [0.2, 0.25) is 0 Å². The summed E-state index contributed by atoms with van der Waals surface area (Å²) in [5, 5.41) is 2.82. The predicted octanol–water partition coefficient (Wildman–Crippen LogP) is 4.24. The van der Waals surface area contributed by atoms with E-state index in [0.29, 0.717) is 0 Å². The van der Waals surface area contributed by atoms with Gasteiger partial charge in [-0.05, 0) is 55.8 Å². The fourth-order valence-electron chi connectivity index (χ4n) is 2.07. The van der Waals surface area contributed by atoms with Gasteiger partial charge in [0.05, 0.1) is 6.54 Å². The number of carbonyl (C=O) groups is 2. The van der Waals surface area contributed by atoms with Crippen molar-refractivity contribution in [2.24, 2.45) is 0 Å². The van der Waals surface area contributed by atoms with E-state index in [1.165, 1.54) is 15.9 Å². The summed E-state index contributed by atoms with van der Waals surface area (Å²) in [6.07, 6.45) is 3.26. The molecular weight excluding hydrogens is 388 g/mol. The lowest BCUT2D eigenvalue weighted by atomic mass is 10.2. The number of aryl methyl sites for hydroxylation is 2. The molecule has 1 aromatic carbocycles. The molecule has 0 unspecified atom stereocenters. The van der Waals surface area contributed by atoms with Crippen LogP contribution in [0.5, 0.6) is 0 Å². The quantitative estimate of drug-likeness (QED) is 0.754. The standard InChI is InChI=1S/C18H19BrN2O2S/c1-12-10-14(19)5-8-16(12)20-17(22)11-21(3)18(23)9-7-15-6-4-13(2)24-15/h4-10H,11H2,1-3H3,(H,20,22)/b9-7+. The van der Waals surface area contributed by atoms with Gasteiger partial charge in [0.25, 0.3) is 0 Å². The zero-order valence-electron chi connectivity index (χ0n) is 13.8. The number of hydrogen-bond donors (Lipinski definition) is 1. The van der Waals surface area contributed by atoms with Crippen LogP contribution in [0.15, 0.2) is 40.9 Å². The van der Waals surface area contributed by atoms with Crippen LogP contribution in [0.1, 0.15) is 15.3 Å². The highest BCUT2D eigenvalue weighted by molar-refractivity contribution is 9.10. The Hall–Kier alpha value is -1.92. The molecule has 2 aromatic rings. The summed E-state index contributed by atoms with van der Waals surface area (Å²) in [5.41, 5.74) is 1.70. The van der Waals surface area contributed by atoms with Crippen molar-refractivity contribution in [2.45, 2.75) is 13.8 Å². The summed E-state index contributed by atoms with van der Waals surface area (Å²) in [7, 11) is 1.61. The second-order valence-corrected chi connectivity index (χ2v) is 7.72. The van der Waals surface area contributed by atoms with Crippen LogP contribution in [0.3, 0.4) is 0 Å². The highest BCUT2D eigenvalue weighted by Crippen LogP contribution is 2.20. The van der Waals surface area contributed by atoms with Crippen LogP contribution in [0.25, 0.3) is 6.08 Å². The van der Waals surface area contributed by atoms with E-state index >= 15 is 0 Å². The topological polar surface area (TPSA) is 49.4 Å². The Morgan fingerprint density at radius 1 is 1.25 bits per heavy atom. The molecule has 0 radical (unpaired) electrons. The van der Waals surface area contributed by atoms with Crippen molar-refractivity contribution in [3.8, 4) is 0 Å². The van der Waals surface area contributed by atoms with Gasteiger partial charge in [-0.3, -0.25) is 9.59 Å². The number of halogens is 1. The molecule has 4 nitrogen and oxygen atoms in total. The smallest absolute Gasteiger partial charge is 0.246 e. The number of nitrogens with one attached hydrogen (secondary N) is 1. The molecule has 0 saturated carbocycles. The Bertz CT molecular complexity index is 783. The SMILES string of the molecule is Cc1ccc(/C=C/C(=O)N(C)CC(=O)Nc2ccc(Br)cc2C)s1. The van der Waals surface area contributed by atoms with Crippen LogP contribution < -0.4 is 5.32 Å². The van der Waals surface area contributed by atoms with Crippen molar-refractivity contribution >= 4 is 50.8 Å². The van der Waals surface area contributed by atoms with Gasteiger partial charge in [0.1, 0.15) is 0 Å². The van der Waals surface area contributed by atoms with Gasteiger partial charge in [-0.15, -0.1) is 11.3 Å². The minimum absolute atomic E-state index is 0.00213. The fourth-order valence-corrected chi connectivity index (χ4v) is 3.33. The van der Waals surface area contributed by atoms with E-state index < -0.39 is 0 Å². The molecule has 0 atom stereocenters. The third kappa shape index (κ3) is 5.32. The molecule has 126 valence electrons. The number of rotatable bonds is 5. The van der Waals surface area contributed by atoms with Gasteiger partial charge in [0, 0.05) is 33.0 Å². The van der Waals surface area contributed by atoms with Crippen molar-refractivity contribution in [1.29, 1.82) is 0 Å². The number of hydrogen-bond acceptors (Lipinski definition) is 3. The molecule has 0 aliphatic carbocycles. The second kappa shape index (κ2) is 8.26. The average Bonchev–Trinajstić information content (AvgIpc) is 2.93. The molecule has 2 amide bonds. The number of thiophene rings is 1. The molecule has 0 fully saturated rings. The van der Waals surface area contributed by atoms with Gasteiger partial charge in [-0.1, -0.05) is 15.9 Å². The molecule has 0 saturated heterocycles. The first-order chi connectivity index (χ1) is 11.3. The van der Waals surface area contributed by atoms with Gasteiger partial charge >= 0.3 is 0 Å². The normalized spacial score (nSPS) is 10.8. The van der Waals surface area contributed by atoms with E-state index in [4.69, 9.17) is 0 Å². The van der Waals surface area contributed by atoms with Crippen LogP contribution in [0.4, 0.5) is 5.69 Å². The van der Waals surface area contributed by atoms with Gasteiger partial charge in [0.15, 0.2) is 0 Å². The zero-order valence-corrected chi connectivity index (χ0v) is 16.2. The molecular formula is C18H19BrN2O2S. The molecule has 24 heavy (non-hydrogen) atoms. The zero-order chi connectivity index (χ0) is 17.7. The van der Waals surface area contributed by atoms with Crippen molar-refractivity contribution < 1.29 is 9.59 Å². The van der Waals surface area contributed by atoms with Crippen molar-refractivity contribution in [1.82, 2.24) is 4.90 Å². The first-order valence-electron chi connectivity index (χ1n) is 7.41. The second-order valence-electron chi connectivity index (χ2n) is 5.48. The van der Waals surface area contributed by atoms with Gasteiger partial charge in [-0.25, -0.2) is 0 Å². The number of likely N-dealkylation sites (N-methyl/N-ethyl adjacent to an activating group) is 1. The largest absolute Gasteiger partial charge is 0.333 e. The van der Waals surface area contributed by atoms with E-state index in [2.05, 4.69) is 21.2 Å². The molecule has 6 heteroatoms. The van der Waals surface area contributed by atoms with Gasteiger partial charge < -0.3 is 10.2 Å². The summed E-state index contributed by atoms with van der Waals surface area (Å²) in [6, 6.07) is 9.59. The summed E-state index contributed by atoms with van der Waals surface area (Å²) < 4.78 is 0.958. The maximum Gasteiger partial charge on any atom is 0.246 e. The minimum Gasteiger partial charge on any atom is -0.333 e. The molecule has 2 rings (SSSR count). The molecule has 0 bridgehead atoms. The van der Waals surface area contributed by atoms with E-state index in [0.717, 1.165) is 20.6 Å². The monoisotopic (exact) mass is 406 g/mol. The average molecular weight is 407 g/mol. The highest BCUT2D eigenvalue weighted by atomic mass is 79.9. The van der Waals surface area contributed by atoms with Crippen LogP contribution >= 0.6 is 27.3 Å². The molecule has 1 aromatic heterocycles. The summed E-state index contributed by atoms with van der Waals surface area (Å²) in [4.78, 5) is 27.8. The molecule has 1 heterocycles. The highest BCUT2D eigenvalue weighted by Gasteiger charge is 2.11. The molecule has 1 N–H and O–H groups in total. The number of carbonyl (C=O) groups excluding carboxylic acids is 2. The van der Waals surface area contributed by atoms with Crippen molar-refractivity contribution in [3.05, 3.63) is 56.2 Å². The Labute approximate surface area is 154 Å². The first kappa shape index (κ1) is 18.4. The van der Waals surface area contributed by atoms with E-state index in [1.54, 1.807) is 24.5 Å². The number of benzene rings is 1. The number of amides is 2. The number of nitrogens with zero attached hydrogens (tertiary/aromatic N) is 1. The van der Waals surface area contributed by atoms with Crippen molar-refractivity contribution in [3.63, 3.8) is 0 Å². The number of anilines is 1. The maximum absolute atomic E-state index is 12.1. The maximum atomic E-state index is 12.1. The Morgan fingerprint density at radius 2 is 2.00 bits per heavy atom. The summed E-state index contributed by atoms with van der Waals surface area (Å²) >= 11 is 5.01. The summed E-state index contributed by atoms with van der Waals surface area (Å²) in [6.45, 7) is 3.94. The van der Waals surface area contributed by atoms with Crippen molar-refractivity contribution in [2.75, 3.05) is 18.9 Å². The third-order valence-electron chi connectivity index (χ3n) is 3.37. The third-order valence-corrected chi connectivity index (χ3v) is 4.83. The lowest BCUT2D eigenvalue weighted by Crippen LogP contribution is -2.34. The van der Waals surface area contributed by atoms with E-state index in [9.17, 15) is 9.59 Å². The lowest BCUT2D eigenvalue weighted by molar-refractivity contribution is -0.129. The van der Waals surface area contributed by atoms with Gasteiger partial charge in [-0.2, -0.15) is 0 Å². The Balaban J connectivity index is 1.90. The molecule has 0 aliphatic heterocycles. The molecule has 0 aliphatic rings. The predicted molar refractivity (Wildman–Crippen MR) is 103 cm³/mol. The van der Waals surface area contributed by atoms with Crippen LogP contribution in [-0.4, -0.2) is 30.3 Å². The van der Waals surface area contributed by atoms with Crippen LogP contribution in [-0.2, 0) is 9.59 Å². The van der Waals surface area contributed by atoms with E-state index in [-0.39, 0.29) is 18.4 Å². The first-order valence-corrected chi connectivity index (χ1v) is 9.01. The fraction of sp³-hybridized carbons (Fsp3) is 0.222.